The lowest BCUT2D eigenvalue weighted by atomic mass is 10.1. The van der Waals surface area contributed by atoms with Gasteiger partial charge in [-0.1, -0.05) is 12.1 Å². The van der Waals surface area contributed by atoms with Gasteiger partial charge < -0.3 is 14.8 Å². The SMILES string of the molecule is C[C@H](OC[C@H]1CCCO1)C(=O)Nc1cnccc1-c1cccc(F)c1. The van der Waals surface area contributed by atoms with Gasteiger partial charge in [0.2, 0.25) is 0 Å². The molecule has 5 nitrogen and oxygen atoms in total. The molecule has 2 atom stereocenters. The molecule has 2 heterocycles. The Morgan fingerprint density at radius 3 is 3.12 bits per heavy atom. The summed E-state index contributed by atoms with van der Waals surface area (Å²) >= 11 is 0. The molecule has 1 amide bonds. The van der Waals surface area contributed by atoms with Crippen LogP contribution in [0.1, 0.15) is 19.8 Å². The third-order valence-electron chi connectivity index (χ3n) is 4.14. The van der Waals surface area contributed by atoms with E-state index in [1.165, 1.54) is 12.1 Å². The molecule has 1 N–H and O–H groups in total. The normalized spacial score (nSPS) is 18.1. The predicted octanol–water partition coefficient (Wildman–Crippen LogP) is 3.41. The van der Waals surface area contributed by atoms with Gasteiger partial charge >= 0.3 is 0 Å². The van der Waals surface area contributed by atoms with E-state index in [0.717, 1.165) is 19.4 Å². The quantitative estimate of drug-likeness (QED) is 0.872. The van der Waals surface area contributed by atoms with Gasteiger partial charge in [-0.3, -0.25) is 9.78 Å². The molecule has 1 aliphatic rings. The van der Waals surface area contributed by atoms with Crippen LogP contribution in [0.2, 0.25) is 0 Å². The van der Waals surface area contributed by atoms with E-state index in [2.05, 4.69) is 10.3 Å². The first kappa shape index (κ1) is 17.5. The van der Waals surface area contributed by atoms with Crippen LogP contribution in [0.3, 0.4) is 0 Å². The maximum Gasteiger partial charge on any atom is 0.253 e. The Balaban J connectivity index is 1.66. The van der Waals surface area contributed by atoms with Gasteiger partial charge in [-0.05, 0) is 43.5 Å². The summed E-state index contributed by atoms with van der Waals surface area (Å²) in [5.74, 6) is -0.608. The van der Waals surface area contributed by atoms with Crippen LogP contribution in [0.15, 0.2) is 42.7 Å². The molecule has 1 aromatic heterocycles. The molecule has 0 spiro atoms. The number of aromatic nitrogens is 1. The number of pyridine rings is 1. The summed E-state index contributed by atoms with van der Waals surface area (Å²) in [7, 11) is 0. The standard InChI is InChI=1S/C19H21FN2O3/c1-13(25-12-16-6-3-9-24-16)19(23)22-18-11-21-8-7-17(18)14-4-2-5-15(20)10-14/h2,4-5,7-8,10-11,13,16H,3,6,9,12H2,1H3,(H,22,23)/t13-,16+/m0/s1. The minimum atomic E-state index is -0.621. The van der Waals surface area contributed by atoms with Crippen LogP contribution in [0.5, 0.6) is 0 Å². The summed E-state index contributed by atoms with van der Waals surface area (Å²) in [6.07, 6.45) is 4.58. The van der Waals surface area contributed by atoms with E-state index in [-0.39, 0.29) is 17.8 Å². The van der Waals surface area contributed by atoms with Crippen molar-refractivity contribution in [2.24, 2.45) is 0 Å². The van der Waals surface area contributed by atoms with Crippen LogP contribution in [-0.4, -0.2) is 36.3 Å². The fourth-order valence-corrected chi connectivity index (χ4v) is 2.74. The van der Waals surface area contributed by atoms with Crippen LogP contribution in [0.25, 0.3) is 11.1 Å². The Hall–Kier alpha value is -2.31. The average Bonchev–Trinajstić information content (AvgIpc) is 3.13. The summed E-state index contributed by atoms with van der Waals surface area (Å²) in [6, 6.07) is 7.95. The molecular weight excluding hydrogens is 323 g/mol. The summed E-state index contributed by atoms with van der Waals surface area (Å²) in [5, 5.41) is 2.81. The second-order valence-electron chi connectivity index (χ2n) is 6.03. The molecule has 0 radical (unpaired) electrons. The third kappa shape index (κ3) is 4.61. The van der Waals surface area contributed by atoms with E-state index >= 15 is 0 Å². The molecule has 6 heteroatoms. The first-order chi connectivity index (χ1) is 12.1. The lowest BCUT2D eigenvalue weighted by Crippen LogP contribution is -2.30. The number of benzene rings is 1. The molecule has 0 aliphatic carbocycles. The number of halogens is 1. The van der Waals surface area contributed by atoms with Gasteiger partial charge in [0.05, 0.1) is 24.6 Å². The number of hydrogen-bond donors (Lipinski definition) is 1. The van der Waals surface area contributed by atoms with Crippen LogP contribution in [0.4, 0.5) is 10.1 Å². The molecule has 132 valence electrons. The van der Waals surface area contributed by atoms with Crippen molar-refractivity contribution in [3.63, 3.8) is 0 Å². The molecule has 1 aromatic carbocycles. The number of hydrogen-bond acceptors (Lipinski definition) is 4. The Kier molecular flexibility index (Phi) is 5.73. The van der Waals surface area contributed by atoms with E-state index < -0.39 is 6.10 Å². The highest BCUT2D eigenvalue weighted by Crippen LogP contribution is 2.27. The number of carbonyl (C=O) groups excluding carboxylic acids is 1. The molecule has 1 saturated heterocycles. The first-order valence-corrected chi connectivity index (χ1v) is 8.37. The van der Waals surface area contributed by atoms with Crippen LogP contribution in [0, 0.1) is 5.82 Å². The monoisotopic (exact) mass is 344 g/mol. The topological polar surface area (TPSA) is 60.5 Å². The lowest BCUT2D eigenvalue weighted by molar-refractivity contribution is -0.128. The molecule has 3 rings (SSSR count). The maximum atomic E-state index is 13.5. The van der Waals surface area contributed by atoms with Crippen LogP contribution < -0.4 is 5.32 Å². The van der Waals surface area contributed by atoms with Gasteiger partial charge in [0, 0.05) is 18.4 Å². The fraction of sp³-hybridized carbons (Fsp3) is 0.368. The second kappa shape index (κ2) is 8.18. The molecule has 1 aliphatic heterocycles. The van der Waals surface area contributed by atoms with E-state index in [0.29, 0.717) is 23.4 Å². The second-order valence-corrected chi connectivity index (χ2v) is 6.03. The minimum Gasteiger partial charge on any atom is -0.376 e. The molecule has 0 unspecified atom stereocenters. The fourth-order valence-electron chi connectivity index (χ4n) is 2.74. The average molecular weight is 344 g/mol. The number of ether oxygens (including phenoxy) is 2. The summed E-state index contributed by atoms with van der Waals surface area (Å²) in [4.78, 5) is 16.4. The van der Waals surface area contributed by atoms with Crippen molar-refractivity contribution in [1.29, 1.82) is 0 Å². The molecule has 1 fully saturated rings. The van der Waals surface area contributed by atoms with Gasteiger partial charge in [0.25, 0.3) is 5.91 Å². The third-order valence-corrected chi connectivity index (χ3v) is 4.14. The van der Waals surface area contributed by atoms with E-state index in [9.17, 15) is 9.18 Å². The molecular formula is C19H21FN2O3. The zero-order chi connectivity index (χ0) is 17.6. The highest BCUT2D eigenvalue weighted by molar-refractivity contribution is 5.97. The van der Waals surface area contributed by atoms with E-state index in [1.807, 2.05) is 0 Å². The molecule has 2 aromatic rings. The van der Waals surface area contributed by atoms with Crippen molar-refractivity contribution in [2.45, 2.75) is 32.0 Å². The Morgan fingerprint density at radius 2 is 2.36 bits per heavy atom. The van der Waals surface area contributed by atoms with Gasteiger partial charge in [-0.2, -0.15) is 0 Å². The van der Waals surface area contributed by atoms with Crippen LogP contribution in [-0.2, 0) is 14.3 Å². The first-order valence-electron chi connectivity index (χ1n) is 8.37. The Bertz CT molecular complexity index is 732. The maximum absolute atomic E-state index is 13.5. The van der Waals surface area contributed by atoms with E-state index in [4.69, 9.17) is 9.47 Å². The predicted molar refractivity (Wildman–Crippen MR) is 92.6 cm³/mol. The smallest absolute Gasteiger partial charge is 0.253 e. The minimum absolute atomic E-state index is 0.0662. The Labute approximate surface area is 146 Å². The Morgan fingerprint density at radius 1 is 1.48 bits per heavy atom. The van der Waals surface area contributed by atoms with Crippen molar-refractivity contribution in [3.05, 3.63) is 48.5 Å². The number of nitrogens with zero attached hydrogens (tertiary/aromatic N) is 1. The van der Waals surface area contributed by atoms with Gasteiger partial charge in [-0.15, -0.1) is 0 Å². The number of amides is 1. The van der Waals surface area contributed by atoms with Crippen molar-refractivity contribution in [2.75, 3.05) is 18.5 Å². The van der Waals surface area contributed by atoms with Crippen molar-refractivity contribution >= 4 is 11.6 Å². The summed E-state index contributed by atoms with van der Waals surface area (Å²) < 4.78 is 24.6. The summed E-state index contributed by atoms with van der Waals surface area (Å²) in [6.45, 7) is 2.85. The summed E-state index contributed by atoms with van der Waals surface area (Å²) in [5.41, 5.74) is 1.89. The van der Waals surface area contributed by atoms with Crippen molar-refractivity contribution < 1.29 is 18.7 Å². The number of rotatable bonds is 6. The van der Waals surface area contributed by atoms with E-state index in [1.54, 1.807) is 37.5 Å². The zero-order valence-corrected chi connectivity index (χ0v) is 14.1. The van der Waals surface area contributed by atoms with Crippen molar-refractivity contribution in [1.82, 2.24) is 4.98 Å². The largest absolute Gasteiger partial charge is 0.376 e. The molecule has 25 heavy (non-hydrogen) atoms. The number of nitrogens with one attached hydrogen (secondary N) is 1. The molecule has 0 saturated carbocycles. The highest BCUT2D eigenvalue weighted by atomic mass is 19.1. The molecule has 0 bridgehead atoms. The van der Waals surface area contributed by atoms with Gasteiger partial charge in [-0.25, -0.2) is 4.39 Å². The van der Waals surface area contributed by atoms with Crippen LogP contribution >= 0.6 is 0 Å². The van der Waals surface area contributed by atoms with Crippen molar-refractivity contribution in [3.8, 4) is 11.1 Å². The highest BCUT2D eigenvalue weighted by Gasteiger charge is 2.20. The zero-order valence-electron chi connectivity index (χ0n) is 14.1. The van der Waals surface area contributed by atoms with Gasteiger partial charge in [0.15, 0.2) is 0 Å². The lowest BCUT2D eigenvalue weighted by Gasteiger charge is -2.17. The number of anilines is 1. The number of carbonyl (C=O) groups is 1. The van der Waals surface area contributed by atoms with Gasteiger partial charge in [0.1, 0.15) is 11.9 Å².